The fourth-order valence-corrected chi connectivity index (χ4v) is 8.95. The van der Waals surface area contributed by atoms with Crippen LogP contribution in [-0.2, 0) is 12.8 Å². The van der Waals surface area contributed by atoms with Crippen LogP contribution < -0.4 is 9.80 Å². The second-order valence-electron chi connectivity index (χ2n) is 16.8. The van der Waals surface area contributed by atoms with Gasteiger partial charge in [0.25, 0.3) is 0 Å². The van der Waals surface area contributed by atoms with Crippen molar-refractivity contribution in [1.29, 1.82) is 0 Å². The summed E-state index contributed by atoms with van der Waals surface area (Å²) in [6.07, 6.45) is 2.07. The van der Waals surface area contributed by atoms with Gasteiger partial charge in [0.2, 0.25) is 0 Å². The van der Waals surface area contributed by atoms with E-state index in [1.165, 1.54) is 54.9 Å². The lowest BCUT2D eigenvalue weighted by molar-refractivity contribution is 0.647. The summed E-state index contributed by atoms with van der Waals surface area (Å²) in [6, 6.07) is 75.9. The molecule has 0 bridgehead atoms. The van der Waals surface area contributed by atoms with Gasteiger partial charge in [-0.3, -0.25) is 0 Å². The van der Waals surface area contributed by atoms with Crippen LogP contribution >= 0.6 is 0 Å². The van der Waals surface area contributed by atoms with Gasteiger partial charge >= 0.3 is 0 Å². The number of hydrogen-bond donors (Lipinski definition) is 0. The van der Waals surface area contributed by atoms with Gasteiger partial charge < -0.3 is 9.80 Å². The summed E-state index contributed by atoms with van der Waals surface area (Å²) in [5.41, 5.74) is 14.4. The molecule has 294 valence electrons. The van der Waals surface area contributed by atoms with E-state index in [2.05, 4.69) is 244 Å². The highest BCUT2D eigenvalue weighted by Gasteiger charge is 2.22. The SMILES string of the molecule is CC(C)Cc1cccc(N(c2ccccc2)c2ccc3c(-c4ccccc4)c4cc(N(c5ccccc5)c5cccc(CC(C)C)c5)ccc4c(-c4ccccc4)c3c2)c1. The molecular formula is C58H52N2. The monoisotopic (exact) mass is 776 g/mol. The molecule has 9 aromatic rings. The largest absolute Gasteiger partial charge is 0.310 e. The third-order valence-corrected chi connectivity index (χ3v) is 11.4. The molecule has 0 heterocycles. The summed E-state index contributed by atoms with van der Waals surface area (Å²) in [4.78, 5) is 4.83. The maximum atomic E-state index is 2.43. The van der Waals surface area contributed by atoms with E-state index in [1.54, 1.807) is 0 Å². The Hall–Kier alpha value is -6.90. The number of para-hydroxylation sites is 2. The van der Waals surface area contributed by atoms with Crippen LogP contribution in [0.5, 0.6) is 0 Å². The molecule has 0 amide bonds. The quantitative estimate of drug-likeness (QED) is 0.114. The minimum atomic E-state index is 0.569. The van der Waals surface area contributed by atoms with Gasteiger partial charge in [0.1, 0.15) is 0 Å². The first-order valence-electron chi connectivity index (χ1n) is 21.4. The van der Waals surface area contributed by atoms with Gasteiger partial charge in [-0.15, -0.1) is 0 Å². The third kappa shape index (κ3) is 7.94. The highest BCUT2D eigenvalue weighted by molar-refractivity contribution is 6.22. The molecule has 0 saturated heterocycles. The summed E-state index contributed by atoms with van der Waals surface area (Å²) in [7, 11) is 0. The lowest BCUT2D eigenvalue weighted by Crippen LogP contribution is -2.11. The lowest BCUT2D eigenvalue weighted by atomic mass is 9.85. The van der Waals surface area contributed by atoms with Crippen molar-refractivity contribution in [1.82, 2.24) is 0 Å². The zero-order valence-corrected chi connectivity index (χ0v) is 35.1. The summed E-state index contributed by atoms with van der Waals surface area (Å²) in [5.74, 6) is 1.14. The highest BCUT2D eigenvalue weighted by atomic mass is 15.1. The van der Waals surface area contributed by atoms with E-state index in [-0.39, 0.29) is 0 Å². The molecule has 0 radical (unpaired) electrons. The minimum absolute atomic E-state index is 0.569. The molecule has 0 atom stereocenters. The van der Waals surface area contributed by atoms with Crippen LogP contribution in [0.2, 0.25) is 0 Å². The molecule has 0 spiro atoms. The molecule has 0 unspecified atom stereocenters. The van der Waals surface area contributed by atoms with Crippen molar-refractivity contribution in [3.05, 3.63) is 217 Å². The molecule has 0 saturated carbocycles. The first-order chi connectivity index (χ1) is 29.4. The standard InChI is InChI=1S/C58H52N2/c1-41(2)35-43-19-17-29-49(37-43)59(47-25-13-7-14-26-47)51-31-33-53-55(39-51)57(45-21-9-5-10-22-45)54-34-32-52(40-56(54)58(53)46-23-11-6-12-24-46)60(48-27-15-8-16-28-48)50-30-18-20-44(38-50)36-42(3)4/h5-34,37-42H,35-36H2,1-4H3. The van der Waals surface area contributed by atoms with Crippen molar-refractivity contribution in [2.24, 2.45) is 11.8 Å². The number of nitrogens with zero attached hydrogens (tertiary/aromatic N) is 2. The summed E-state index contributed by atoms with van der Waals surface area (Å²) < 4.78 is 0. The van der Waals surface area contributed by atoms with E-state index >= 15 is 0 Å². The van der Waals surface area contributed by atoms with Crippen LogP contribution in [0.3, 0.4) is 0 Å². The highest BCUT2D eigenvalue weighted by Crippen LogP contribution is 2.48. The molecule has 60 heavy (non-hydrogen) atoms. The van der Waals surface area contributed by atoms with Gasteiger partial charge in [0, 0.05) is 34.1 Å². The van der Waals surface area contributed by atoms with E-state index in [1.807, 2.05) is 0 Å². The van der Waals surface area contributed by atoms with E-state index in [0.29, 0.717) is 11.8 Å². The van der Waals surface area contributed by atoms with Crippen molar-refractivity contribution in [3.8, 4) is 22.3 Å². The molecule has 0 aliphatic heterocycles. The second-order valence-corrected chi connectivity index (χ2v) is 16.8. The van der Waals surface area contributed by atoms with Crippen molar-refractivity contribution in [2.45, 2.75) is 40.5 Å². The van der Waals surface area contributed by atoms with Crippen molar-refractivity contribution in [2.75, 3.05) is 9.80 Å². The number of hydrogen-bond acceptors (Lipinski definition) is 2. The van der Waals surface area contributed by atoms with Gasteiger partial charge in [-0.2, -0.15) is 0 Å². The molecule has 2 heteroatoms. The Morgan fingerprint density at radius 2 is 0.633 bits per heavy atom. The molecule has 0 aliphatic rings. The number of rotatable bonds is 12. The fraction of sp³-hybridized carbons (Fsp3) is 0.138. The molecule has 0 N–H and O–H groups in total. The average molecular weight is 777 g/mol. The van der Waals surface area contributed by atoms with E-state index in [4.69, 9.17) is 0 Å². The second kappa shape index (κ2) is 17.1. The van der Waals surface area contributed by atoms with E-state index < -0.39 is 0 Å². The molecule has 9 rings (SSSR count). The van der Waals surface area contributed by atoms with Crippen LogP contribution in [0, 0.1) is 11.8 Å². The number of benzene rings is 9. The molecule has 2 nitrogen and oxygen atoms in total. The zero-order chi connectivity index (χ0) is 41.0. The summed E-state index contributed by atoms with van der Waals surface area (Å²) >= 11 is 0. The Bertz CT molecular complexity index is 2660. The lowest BCUT2D eigenvalue weighted by Gasteiger charge is -2.28. The maximum absolute atomic E-state index is 2.43. The van der Waals surface area contributed by atoms with Gasteiger partial charge in [-0.05, 0) is 152 Å². The maximum Gasteiger partial charge on any atom is 0.0468 e. The molecule has 0 fully saturated rings. The third-order valence-electron chi connectivity index (χ3n) is 11.4. The Labute approximate surface area is 356 Å². The van der Waals surface area contributed by atoms with Crippen LogP contribution in [0.25, 0.3) is 43.8 Å². The Morgan fingerprint density at radius 3 is 1.00 bits per heavy atom. The van der Waals surface area contributed by atoms with E-state index in [0.717, 1.165) is 47.0 Å². The Kier molecular flexibility index (Phi) is 11.0. The summed E-state index contributed by atoms with van der Waals surface area (Å²) in [5, 5.41) is 4.89. The van der Waals surface area contributed by atoms with Crippen molar-refractivity contribution in [3.63, 3.8) is 0 Å². The number of fused-ring (bicyclic) bond motifs is 2. The molecular weight excluding hydrogens is 725 g/mol. The van der Waals surface area contributed by atoms with Crippen LogP contribution in [0.1, 0.15) is 38.8 Å². The Morgan fingerprint density at radius 1 is 0.300 bits per heavy atom. The van der Waals surface area contributed by atoms with Crippen molar-refractivity contribution < 1.29 is 0 Å². The Balaban J connectivity index is 1.33. The normalized spacial score (nSPS) is 11.4. The first kappa shape index (κ1) is 38.6. The molecule has 0 aromatic heterocycles. The molecule has 0 aliphatic carbocycles. The smallest absolute Gasteiger partial charge is 0.0468 e. The predicted molar refractivity (Wildman–Crippen MR) is 259 cm³/mol. The van der Waals surface area contributed by atoms with Gasteiger partial charge in [-0.1, -0.05) is 161 Å². The summed E-state index contributed by atoms with van der Waals surface area (Å²) in [6.45, 7) is 9.16. The van der Waals surface area contributed by atoms with Gasteiger partial charge in [-0.25, -0.2) is 0 Å². The van der Waals surface area contributed by atoms with Crippen molar-refractivity contribution >= 4 is 55.7 Å². The van der Waals surface area contributed by atoms with Gasteiger partial charge in [0.05, 0.1) is 0 Å². The van der Waals surface area contributed by atoms with Crippen LogP contribution in [-0.4, -0.2) is 0 Å². The zero-order valence-electron chi connectivity index (χ0n) is 35.1. The van der Waals surface area contributed by atoms with Crippen LogP contribution in [0.15, 0.2) is 206 Å². The fourth-order valence-electron chi connectivity index (χ4n) is 8.95. The van der Waals surface area contributed by atoms with E-state index in [9.17, 15) is 0 Å². The topological polar surface area (TPSA) is 6.48 Å². The number of anilines is 6. The molecule has 9 aromatic carbocycles. The first-order valence-corrected chi connectivity index (χ1v) is 21.4. The van der Waals surface area contributed by atoms with Gasteiger partial charge in [0.15, 0.2) is 0 Å². The predicted octanol–water partition coefficient (Wildman–Crippen LogP) is 16.7. The minimum Gasteiger partial charge on any atom is -0.310 e. The average Bonchev–Trinajstić information content (AvgIpc) is 3.27. The van der Waals surface area contributed by atoms with Crippen LogP contribution in [0.4, 0.5) is 34.1 Å².